The number of carbonyl (C=O) groups is 2. The first-order chi connectivity index (χ1) is 10.5. The normalized spacial score (nSPS) is 11.9. The average Bonchev–Trinajstić information content (AvgIpc) is 2.85. The van der Waals surface area contributed by atoms with Gasteiger partial charge in [-0.1, -0.05) is 18.2 Å². The van der Waals surface area contributed by atoms with Crippen LogP contribution in [0.1, 0.15) is 30.4 Å². The van der Waals surface area contributed by atoms with Gasteiger partial charge in [0.15, 0.2) is 5.11 Å². The van der Waals surface area contributed by atoms with Gasteiger partial charge in [0.1, 0.15) is 11.7 Å². The zero-order valence-electron chi connectivity index (χ0n) is 12.3. The Labute approximate surface area is 133 Å². The monoisotopic (exact) mass is 319 g/mol. The number of para-hydroxylation sites is 1. The topological polar surface area (TPSA) is 86.3 Å². The van der Waals surface area contributed by atoms with Gasteiger partial charge in [-0.2, -0.15) is 0 Å². The smallest absolute Gasteiger partial charge is 0.328 e. The predicted octanol–water partition coefficient (Wildman–Crippen LogP) is 1.74. The molecule has 1 unspecified atom stereocenters. The van der Waals surface area contributed by atoms with Crippen molar-refractivity contribution in [3.8, 4) is 0 Å². The van der Waals surface area contributed by atoms with Gasteiger partial charge in [-0.15, -0.1) is 0 Å². The van der Waals surface area contributed by atoms with E-state index in [1.54, 1.807) is 24.5 Å². The molecule has 1 atom stereocenters. The van der Waals surface area contributed by atoms with Crippen molar-refractivity contribution in [3.63, 3.8) is 0 Å². The summed E-state index contributed by atoms with van der Waals surface area (Å²) in [6.07, 6.45) is 0. The van der Waals surface area contributed by atoms with Crippen LogP contribution in [0.15, 0.2) is 30.3 Å². The van der Waals surface area contributed by atoms with E-state index in [1.165, 1.54) is 0 Å². The zero-order valence-corrected chi connectivity index (χ0v) is 13.1. The van der Waals surface area contributed by atoms with Gasteiger partial charge in [0, 0.05) is 10.9 Å². The molecule has 22 heavy (non-hydrogen) atoms. The van der Waals surface area contributed by atoms with Gasteiger partial charge < -0.3 is 15.0 Å². The molecule has 3 N–H and O–H groups in total. The van der Waals surface area contributed by atoms with Gasteiger partial charge in [-0.05, 0) is 38.2 Å². The molecule has 0 spiro atoms. The first-order valence-electron chi connectivity index (χ1n) is 6.83. The van der Waals surface area contributed by atoms with Crippen LogP contribution in [0.25, 0.3) is 10.9 Å². The number of benzene rings is 1. The van der Waals surface area contributed by atoms with Crippen molar-refractivity contribution in [2.75, 3.05) is 6.61 Å². The second-order valence-corrected chi connectivity index (χ2v) is 5.14. The minimum absolute atomic E-state index is 0.120. The van der Waals surface area contributed by atoms with Crippen molar-refractivity contribution in [2.24, 2.45) is 5.73 Å². The van der Waals surface area contributed by atoms with E-state index in [0.29, 0.717) is 5.69 Å². The summed E-state index contributed by atoms with van der Waals surface area (Å²) in [6, 6.07) is 8.44. The largest absolute Gasteiger partial charge is 0.464 e. The van der Waals surface area contributed by atoms with E-state index in [4.69, 9.17) is 22.7 Å². The van der Waals surface area contributed by atoms with Crippen molar-refractivity contribution in [1.82, 2.24) is 9.88 Å². The predicted molar refractivity (Wildman–Crippen MR) is 87.5 cm³/mol. The van der Waals surface area contributed by atoms with Crippen molar-refractivity contribution >= 4 is 40.1 Å². The molecule has 0 saturated carbocycles. The molecule has 0 radical (unpaired) electrons. The molecule has 6 nitrogen and oxygen atoms in total. The van der Waals surface area contributed by atoms with Crippen LogP contribution < -0.4 is 11.1 Å². The fourth-order valence-corrected chi connectivity index (χ4v) is 2.40. The van der Waals surface area contributed by atoms with E-state index < -0.39 is 17.9 Å². The van der Waals surface area contributed by atoms with Gasteiger partial charge in [0.2, 0.25) is 0 Å². The van der Waals surface area contributed by atoms with E-state index in [0.717, 1.165) is 10.9 Å². The third-order valence-corrected chi connectivity index (χ3v) is 3.33. The lowest BCUT2D eigenvalue weighted by atomic mass is 10.2. The average molecular weight is 319 g/mol. The molecule has 7 heteroatoms. The maximum absolute atomic E-state index is 12.3. The number of thiocarbonyl (C=S) groups is 1. The van der Waals surface area contributed by atoms with Gasteiger partial charge in [-0.3, -0.25) is 10.1 Å². The highest BCUT2D eigenvalue weighted by Gasteiger charge is 2.24. The summed E-state index contributed by atoms with van der Waals surface area (Å²) in [7, 11) is 0. The van der Waals surface area contributed by atoms with Gasteiger partial charge in [-0.25, -0.2) is 4.79 Å². The second-order valence-electron chi connectivity index (χ2n) is 4.70. The number of nitrogens with two attached hydrogens (primary N) is 1. The summed E-state index contributed by atoms with van der Waals surface area (Å²) < 4.78 is 6.68. The van der Waals surface area contributed by atoms with E-state index in [9.17, 15) is 9.59 Å². The number of hydrogen-bond acceptors (Lipinski definition) is 4. The molecule has 1 aromatic carbocycles. The van der Waals surface area contributed by atoms with Gasteiger partial charge in [0.05, 0.1) is 6.61 Å². The third kappa shape index (κ3) is 3.09. The number of nitrogens with one attached hydrogen (secondary N) is 1. The molecule has 0 fully saturated rings. The lowest BCUT2D eigenvalue weighted by molar-refractivity contribution is -0.146. The number of amides is 1. The van der Waals surface area contributed by atoms with Crippen LogP contribution in [0.3, 0.4) is 0 Å². The molecular weight excluding hydrogens is 302 g/mol. The Balaban J connectivity index is 2.55. The fraction of sp³-hybridized carbons (Fsp3) is 0.267. The molecular formula is C15H17N3O3S. The van der Waals surface area contributed by atoms with Crippen molar-refractivity contribution in [2.45, 2.75) is 19.9 Å². The first kappa shape index (κ1) is 16.0. The van der Waals surface area contributed by atoms with Crippen LogP contribution in [0, 0.1) is 0 Å². The summed E-state index contributed by atoms with van der Waals surface area (Å²) in [5, 5.41) is 3.10. The summed E-state index contributed by atoms with van der Waals surface area (Å²) in [5.41, 5.74) is 6.42. The highest BCUT2D eigenvalue weighted by molar-refractivity contribution is 7.80. The maximum Gasteiger partial charge on any atom is 0.328 e. The Morgan fingerprint density at radius 1 is 1.41 bits per heavy atom. The Kier molecular flexibility index (Phi) is 4.77. The molecule has 0 bridgehead atoms. The van der Waals surface area contributed by atoms with Gasteiger partial charge >= 0.3 is 5.97 Å². The molecule has 1 aromatic heterocycles. The third-order valence-electron chi connectivity index (χ3n) is 3.23. The van der Waals surface area contributed by atoms with E-state index in [1.807, 2.05) is 24.3 Å². The van der Waals surface area contributed by atoms with Crippen molar-refractivity contribution < 1.29 is 14.3 Å². The molecule has 1 heterocycles. The summed E-state index contributed by atoms with van der Waals surface area (Å²) >= 11 is 4.70. The number of aromatic nitrogens is 1. The Hall–Kier alpha value is -2.41. The summed E-state index contributed by atoms with van der Waals surface area (Å²) in [6.45, 7) is 3.69. The molecule has 0 aliphatic heterocycles. The number of nitrogens with zero attached hydrogens (tertiary/aromatic N) is 1. The zero-order chi connectivity index (χ0) is 16.3. The number of ether oxygens (including phenoxy) is 1. The molecule has 2 rings (SSSR count). The van der Waals surface area contributed by atoms with Crippen molar-refractivity contribution in [3.05, 3.63) is 36.0 Å². The minimum atomic E-state index is -0.646. The van der Waals surface area contributed by atoms with Crippen LogP contribution in [-0.2, 0) is 9.53 Å². The SMILES string of the molecule is CCOC(=O)C(C)n1c(C(=O)NC(N)=S)cc2ccccc21. The number of hydrogen-bond donors (Lipinski definition) is 2. The maximum atomic E-state index is 12.3. The van der Waals surface area contributed by atoms with Crippen LogP contribution >= 0.6 is 12.2 Å². The molecule has 116 valence electrons. The first-order valence-corrected chi connectivity index (χ1v) is 7.24. The highest BCUT2D eigenvalue weighted by Crippen LogP contribution is 2.25. The summed E-state index contributed by atoms with van der Waals surface area (Å²) in [5.74, 6) is -0.868. The quantitative estimate of drug-likeness (QED) is 0.662. The molecule has 0 saturated heterocycles. The van der Waals surface area contributed by atoms with E-state index in [-0.39, 0.29) is 11.7 Å². The molecule has 0 aliphatic carbocycles. The molecule has 1 amide bonds. The number of fused-ring (bicyclic) bond motifs is 1. The van der Waals surface area contributed by atoms with Crippen LogP contribution in [0.5, 0.6) is 0 Å². The highest BCUT2D eigenvalue weighted by atomic mass is 32.1. The van der Waals surface area contributed by atoms with E-state index >= 15 is 0 Å². The Bertz CT molecular complexity index is 739. The van der Waals surface area contributed by atoms with Gasteiger partial charge in [0.25, 0.3) is 5.91 Å². The molecule has 2 aromatic rings. The standard InChI is InChI=1S/C15H17N3O3S/c1-3-21-14(20)9(2)18-11-7-5-4-6-10(11)8-12(18)13(19)17-15(16)22/h4-9H,3H2,1-2H3,(H3,16,17,19,22). The van der Waals surface area contributed by atoms with Crippen molar-refractivity contribution in [1.29, 1.82) is 0 Å². The fourth-order valence-electron chi connectivity index (χ4n) is 2.31. The number of rotatable bonds is 4. The second kappa shape index (κ2) is 6.57. The lowest BCUT2D eigenvalue weighted by Gasteiger charge is -2.17. The van der Waals surface area contributed by atoms with Crippen LogP contribution in [0.2, 0.25) is 0 Å². The minimum Gasteiger partial charge on any atom is -0.464 e. The van der Waals surface area contributed by atoms with Crippen LogP contribution in [-0.4, -0.2) is 28.2 Å². The lowest BCUT2D eigenvalue weighted by Crippen LogP contribution is -2.36. The number of esters is 1. The Morgan fingerprint density at radius 3 is 2.73 bits per heavy atom. The number of carbonyl (C=O) groups excluding carboxylic acids is 2. The van der Waals surface area contributed by atoms with E-state index in [2.05, 4.69) is 5.32 Å². The van der Waals surface area contributed by atoms with Crippen LogP contribution in [0.4, 0.5) is 0 Å². The molecule has 0 aliphatic rings. The summed E-state index contributed by atoms with van der Waals surface area (Å²) in [4.78, 5) is 24.3. The Morgan fingerprint density at radius 2 is 2.09 bits per heavy atom.